The predicted molar refractivity (Wildman–Crippen MR) is 79.7 cm³/mol. The summed E-state index contributed by atoms with van der Waals surface area (Å²) < 4.78 is 19.3. The third-order valence-corrected chi connectivity index (χ3v) is 2.94. The second-order valence-corrected chi connectivity index (χ2v) is 5.27. The molecule has 0 aliphatic carbocycles. The number of hydrogen-bond donors (Lipinski definition) is 1. The molecular formula is C14H21FN2OS. The molecule has 0 heterocycles. The minimum Gasteiger partial charge on any atom is -0.389 e. The van der Waals surface area contributed by atoms with Gasteiger partial charge in [-0.15, -0.1) is 0 Å². The summed E-state index contributed by atoms with van der Waals surface area (Å²) in [6.07, 6.45) is 0.218. The van der Waals surface area contributed by atoms with Crippen LogP contribution >= 0.6 is 12.2 Å². The Balaban J connectivity index is 2.54. The van der Waals surface area contributed by atoms with Gasteiger partial charge in [-0.25, -0.2) is 4.39 Å². The molecule has 19 heavy (non-hydrogen) atoms. The Morgan fingerprint density at radius 2 is 2.16 bits per heavy atom. The van der Waals surface area contributed by atoms with Gasteiger partial charge in [0.15, 0.2) is 0 Å². The van der Waals surface area contributed by atoms with E-state index in [2.05, 4.69) is 0 Å². The van der Waals surface area contributed by atoms with Crippen molar-refractivity contribution >= 4 is 17.2 Å². The van der Waals surface area contributed by atoms with Gasteiger partial charge in [0.05, 0.1) is 12.7 Å². The van der Waals surface area contributed by atoms with E-state index in [-0.39, 0.29) is 16.9 Å². The Bertz CT molecular complexity index is 437. The van der Waals surface area contributed by atoms with Gasteiger partial charge in [0.1, 0.15) is 10.8 Å². The molecule has 3 nitrogen and oxygen atoms in total. The van der Waals surface area contributed by atoms with Crippen molar-refractivity contribution in [1.29, 1.82) is 0 Å². The van der Waals surface area contributed by atoms with E-state index in [9.17, 15) is 4.39 Å². The summed E-state index contributed by atoms with van der Waals surface area (Å²) in [6.45, 7) is 5.92. The van der Waals surface area contributed by atoms with Gasteiger partial charge in [-0.2, -0.15) is 0 Å². The maximum atomic E-state index is 13.8. The number of thiocarbonyl (C=S) groups is 1. The summed E-state index contributed by atoms with van der Waals surface area (Å²) in [5.41, 5.74) is 6.65. The van der Waals surface area contributed by atoms with Crippen molar-refractivity contribution in [2.45, 2.75) is 26.5 Å². The van der Waals surface area contributed by atoms with Gasteiger partial charge in [0.25, 0.3) is 0 Å². The van der Waals surface area contributed by atoms with E-state index in [0.717, 1.165) is 6.54 Å². The van der Waals surface area contributed by atoms with Crippen LogP contribution in [0.1, 0.15) is 25.0 Å². The quantitative estimate of drug-likeness (QED) is 0.780. The number of halogens is 1. The lowest BCUT2D eigenvalue weighted by Gasteiger charge is -2.18. The van der Waals surface area contributed by atoms with Crippen molar-refractivity contribution in [3.8, 4) is 0 Å². The van der Waals surface area contributed by atoms with Crippen LogP contribution in [0, 0.1) is 5.82 Å². The molecule has 0 aliphatic heterocycles. The van der Waals surface area contributed by atoms with Crippen molar-refractivity contribution in [2.24, 2.45) is 5.73 Å². The Hall–Kier alpha value is -1.04. The molecule has 0 atom stereocenters. The summed E-state index contributed by atoms with van der Waals surface area (Å²) in [5, 5.41) is 0. The average Bonchev–Trinajstić information content (AvgIpc) is 2.31. The number of nitrogens with zero attached hydrogens (tertiary/aromatic N) is 1. The van der Waals surface area contributed by atoms with E-state index >= 15 is 0 Å². The largest absolute Gasteiger partial charge is 0.389 e. The van der Waals surface area contributed by atoms with Crippen molar-refractivity contribution in [2.75, 3.05) is 20.2 Å². The standard InChI is InChI=1S/C14H21FN2OS/c1-10(2)18-7-6-17(3)9-12-5-4-11(14(16)19)8-13(12)15/h4-5,8,10H,6-7,9H2,1-3H3,(H2,16,19). The van der Waals surface area contributed by atoms with Crippen LogP contribution < -0.4 is 5.73 Å². The molecule has 0 fully saturated rings. The molecule has 1 aromatic carbocycles. The first-order chi connectivity index (χ1) is 8.90. The maximum absolute atomic E-state index is 13.8. The molecule has 0 aromatic heterocycles. The van der Waals surface area contributed by atoms with Crippen LogP contribution in [-0.2, 0) is 11.3 Å². The monoisotopic (exact) mass is 284 g/mol. The van der Waals surface area contributed by atoms with Crippen molar-refractivity contribution in [3.63, 3.8) is 0 Å². The first kappa shape index (κ1) is 16.0. The lowest BCUT2D eigenvalue weighted by Crippen LogP contribution is -2.24. The predicted octanol–water partition coefficient (Wildman–Crippen LogP) is 2.32. The molecule has 1 rings (SSSR count). The van der Waals surface area contributed by atoms with Gasteiger partial charge < -0.3 is 10.5 Å². The number of ether oxygens (including phenoxy) is 1. The van der Waals surface area contributed by atoms with Crippen LogP contribution in [0.25, 0.3) is 0 Å². The SMILES string of the molecule is CC(C)OCCN(C)Cc1ccc(C(N)=S)cc1F. The molecule has 0 saturated heterocycles. The Labute approximate surface area is 119 Å². The second-order valence-electron chi connectivity index (χ2n) is 4.83. The van der Waals surface area contributed by atoms with Gasteiger partial charge >= 0.3 is 0 Å². The molecule has 0 radical (unpaired) electrons. The average molecular weight is 284 g/mol. The lowest BCUT2D eigenvalue weighted by atomic mass is 10.1. The summed E-state index contributed by atoms with van der Waals surface area (Å²) in [5.74, 6) is -0.276. The zero-order valence-corrected chi connectivity index (χ0v) is 12.5. The number of benzene rings is 1. The zero-order valence-electron chi connectivity index (χ0n) is 11.6. The molecule has 0 saturated carbocycles. The highest BCUT2D eigenvalue weighted by Crippen LogP contribution is 2.12. The van der Waals surface area contributed by atoms with E-state index in [1.54, 1.807) is 12.1 Å². The number of nitrogens with two attached hydrogens (primary N) is 1. The molecule has 0 aliphatic rings. The first-order valence-electron chi connectivity index (χ1n) is 6.28. The third-order valence-electron chi connectivity index (χ3n) is 2.70. The number of hydrogen-bond acceptors (Lipinski definition) is 3. The molecule has 5 heteroatoms. The molecule has 1 aromatic rings. The van der Waals surface area contributed by atoms with E-state index < -0.39 is 0 Å². The Morgan fingerprint density at radius 3 is 2.68 bits per heavy atom. The van der Waals surface area contributed by atoms with Gasteiger partial charge in [-0.1, -0.05) is 24.4 Å². The number of likely N-dealkylation sites (N-methyl/N-ethyl adjacent to an activating group) is 1. The van der Waals surface area contributed by atoms with Crippen LogP contribution in [0.5, 0.6) is 0 Å². The van der Waals surface area contributed by atoms with Crippen LogP contribution in [0.3, 0.4) is 0 Å². The third kappa shape index (κ3) is 5.63. The number of rotatable bonds is 7. The normalized spacial score (nSPS) is 11.3. The minimum absolute atomic E-state index is 0.212. The van der Waals surface area contributed by atoms with E-state index in [4.69, 9.17) is 22.7 Å². The Morgan fingerprint density at radius 1 is 1.47 bits per heavy atom. The van der Waals surface area contributed by atoms with Crippen molar-refractivity contribution in [1.82, 2.24) is 4.90 Å². The van der Waals surface area contributed by atoms with E-state index in [1.165, 1.54) is 6.07 Å². The van der Waals surface area contributed by atoms with Crippen LogP contribution in [-0.4, -0.2) is 36.2 Å². The highest BCUT2D eigenvalue weighted by molar-refractivity contribution is 7.80. The second kappa shape index (κ2) is 7.53. The Kier molecular flexibility index (Phi) is 6.34. The van der Waals surface area contributed by atoms with E-state index in [0.29, 0.717) is 24.3 Å². The highest BCUT2D eigenvalue weighted by atomic mass is 32.1. The fourth-order valence-corrected chi connectivity index (χ4v) is 1.77. The summed E-state index contributed by atoms with van der Waals surface area (Å²) in [6, 6.07) is 4.86. The van der Waals surface area contributed by atoms with Gasteiger partial charge in [-0.05, 0) is 27.0 Å². The van der Waals surface area contributed by atoms with Gasteiger partial charge in [-0.3, -0.25) is 4.90 Å². The topological polar surface area (TPSA) is 38.5 Å². The summed E-state index contributed by atoms with van der Waals surface area (Å²) in [7, 11) is 1.94. The zero-order chi connectivity index (χ0) is 14.4. The molecule has 0 amide bonds. The van der Waals surface area contributed by atoms with Crippen molar-refractivity contribution < 1.29 is 9.13 Å². The van der Waals surface area contributed by atoms with Gasteiger partial charge in [0, 0.05) is 24.2 Å². The molecule has 2 N–H and O–H groups in total. The fourth-order valence-electron chi connectivity index (χ4n) is 1.64. The summed E-state index contributed by atoms with van der Waals surface area (Å²) in [4.78, 5) is 2.23. The molecular weight excluding hydrogens is 263 g/mol. The molecule has 106 valence electrons. The smallest absolute Gasteiger partial charge is 0.128 e. The molecule has 0 bridgehead atoms. The van der Waals surface area contributed by atoms with Crippen molar-refractivity contribution in [3.05, 3.63) is 35.1 Å². The van der Waals surface area contributed by atoms with Crippen LogP contribution in [0.15, 0.2) is 18.2 Å². The highest BCUT2D eigenvalue weighted by Gasteiger charge is 2.08. The van der Waals surface area contributed by atoms with Gasteiger partial charge in [0.2, 0.25) is 0 Å². The lowest BCUT2D eigenvalue weighted by molar-refractivity contribution is 0.0625. The van der Waals surface area contributed by atoms with Crippen LogP contribution in [0.2, 0.25) is 0 Å². The molecule has 0 unspecified atom stereocenters. The first-order valence-corrected chi connectivity index (χ1v) is 6.69. The molecule has 0 spiro atoms. The summed E-state index contributed by atoms with van der Waals surface area (Å²) >= 11 is 4.82. The minimum atomic E-state index is -0.276. The van der Waals surface area contributed by atoms with E-state index in [1.807, 2.05) is 25.8 Å². The maximum Gasteiger partial charge on any atom is 0.128 e. The van der Waals surface area contributed by atoms with Crippen LogP contribution in [0.4, 0.5) is 4.39 Å². The fraction of sp³-hybridized carbons (Fsp3) is 0.500.